The summed E-state index contributed by atoms with van der Waals surface area (Å²) in [5.74, 6) is -3.80. The Morgan fingerprint density at radius 2 is 2.09 bits per heavy atom. The van der Waals surface area contributed by atoms with E-state index in [0.29, 0.717) is 5.56 Å². The first kappa shape index (κ1) is 17.1. The molecule has 1 aliphatic rings. The summed E-state index contributed by atoms with van der Waals surface area (Å²) in [6, 6.07) is 8.23. The molecule has 1 saturated heterocycles. The summed E-state index contributed by atoms with van der Waals surface area (Å²) >= 11 is 5.92. The fourth-order valence-electron chi connectivity index (χ4n) is 2.02. The Hall–Kier alpha value is -1.25. The Morgan fingerprint density at radius 3 is 2.68 bits per heavy atom. The van der Waals surface area contributed by atoms with E-state index in [0.717, 1.165) is 16.8 Å². The van der Waals surface area contributed by atoms with Crippen LogP contribution in [0.25, 0.3) is 0 Å². The van der Waals surface area contributed by atoms with E-state index in [2.05, 4.69) is 0 Å². The number of ether oxygens (including phenoxy) is 1. The third-order valence-corrected chi connectivity index (χ3v) is 4.15. The maximum Gasteiger partial charge on any atom is 0.357 e. The van der Waals surface area contributed by atoms with Gasteiger partial charge in [-0.1, -0.05) is 30.0 Å². The second kappa shape index (κ2) is 7.34. The quantitative estimate of drug-likeness (QED) is 0.782. The van der Waals surface area contributed by atoms with Crippen molar-refractivity contribution < 1.29 is 23.1 Å². The van der Waals surface area contributed by atoms with Crippen LogP contribution in [-0.2, 0) is 9.57 Å². The zero-order chi connectivity index (χ0) is 16.2. The normalized spacial score (nSPS) is 21.1. The number of piperidine rings is 1. The lowest BCUT2D eigenvalue weighted by Gasteiger charge is -2.36. The number of halogens is 2. The Kier molecular flexibility index (Phi) is 5.71. The Morgan fingerprint density at radius 1 is 1.41 bits per heavy atom. The van der Waals surface area contributed by atoms with Crippen LogP contribution in [0.1, 0.15) is 16.8 Å². The second-order valence-electron chi connectivity index (χ2n) is 4.72. The Bertz CT molecular complexity index is 542. The van der Waals surface area contributed by atoms with E-state index in [1.54, 1.807) is 36.6 Å². The van der Waals surface area contributed by atoms with Crippen molar-refractivity contribution >= 4 is 34.3 Å². The number of carbonyl (C=O) groups excluding carboxylic acids is 1. The van der Waals surface area contributed by atoms with Crippen molar-refractivity contribution in [2.45, 2.75) is 18.4 Å². The second-order valence-corrected chi connectivity index (χ2v) is 6.13. The molecule has 0 spiro atoms. The van der Waals surface area contributed by atoms with Gasteiger partial charge in [0.15, 0.2) is 6.10 Å². The molecule has 1 fully saturated rings. The molecule has 4 nitrogen and oxygen atoms in total. The highest BCUT2D eigenvalue weighted by atomic mass is 32.2. The molecule has 1 unspecified atom stereocenters. The number of hydroxylamine groups is 2. The number of hydrogen-bond acceptors (Lipinski definition) is 6. The third kappa shape index (κ3) is 4.37. The average Bonchev–Trinajstić information content (AvgIpc) is 2.50. The number of nitrogens with zero attached hydrogens (tertiary/aromatic N) is 1. The first-order valence-corrected chi connectivity index (χ1v) is 8.20. The Balaban J connectivity index is 1.94. The van der Waals surface area contributed by atoms with Gasteiger partial charge in [-0.2, -0.15) is 0 Å². The van der Waals surface area contributed by atoms with E-state index < -0.39 is 24.5 Å². The lowest BCUT2D eigenvalue weighted by Crippen LogP contribution is -2.53. The molecule has 0 amide bonds. The van der Waals surface area contributed by atoms with Crippen LogP contribution in [0, 0.1) is 0 Å². The van der Waals surface area contributed by atoms with Crippen molar-refractivity contribution in [1.82, 2.24) is 5.06 Å². The minimum Gasteiger partial charge on any atom is -0.469 e. The van der Waals surface area contributed by atoms with Gasteiger partial charge in [-0.05, 0) is 30.6 Å². The van der Waals surface area contributed by atoms with Crippen LogP contribution in [-0.4, -0.2) is 46.8 Å². The minimum absolute atomic E-state index is 0.0236. The average molecular weight is 347 g/mol. The lowest BCUT2D eigenvalue weighted by molar-refractivity contribution is -0.218. The molecule has 1 aromatic rings. The lowest BCUT2D eigenvalue weighted by atomic mass is 10.1. The molecule has 8 heteroatoms. The van der Waals surface area contributed by atoms with E-state index in [-0.39, 0.29) is 17.3 Å². The van der Waals surface area contributed by atoms with Crippen LogP contribution in [0.2, 0.25) is 0 Å². The van der Waals surface area contributed by atoms with Gasteiger partial charge in [0.05, 0.1) is 5.56 Å². The monoisotopic (exact) mass is 347 g/mol. The van der Waals surface area contributed by atoms with Crippen LogP contribution in [0.4, 0.5) is 8.78 Å². The standard InChI is InChI=1S/C14H15F2NO3S2/c1-22-13(21)19-11-7-8-17(9-14(11,15)16)20-12(18)10-5-3-2-4-6-10/h2-6,11H,7-9H2,1H3. The summed E-state index contributed by atoms with van der Waals surface area (Å²) in [6.07, 6.45) is 0.395. The Labute approximate surface area is 136 Å². The fourth-order valence-corrected chi connectivity index (χ4v) is 2.35. The number of carbonyl (C=O) groups is 1. The molecule has 0 saturated carbocycles. The van der Waals surface area contributed by atoms with Gasteiger partial charge in [0.25, 0.3) is 5.92 Å². The molecule has 0 bridgehead atoms. The van der Waals surface area contributed by atoms with E-state index in [1.165, 1.54) is 0 Å². The molecule has 1 atom stereocenters. The molecular formula is C14H15F2NO3S2. The van der Waals surface area contributed by atoms with Gasteiger partial charge in [-0.3, -0.25) is 0 Å². The summed E-state index contributed by atoms with van der Waals surface area (Å²) in [7, 11) is 0. The van der Waals surface area contributed by atoms with E-state index in [9.17, 15) is 13.6 Å². The number of thiocarbonyl (C=S) groups is 1. The third-order valence-electron chi connectivity index (χ3n) is 3.13. The molecule has 0 aliphatic carbocycles. The van der Waals surface area contributed by atoms with Crippen LogP contribution >= 0.6 is 24.0 Å². The van der Waals surface area contributed by atoms with Gasteiger partial charge in [-0.15, -0.1) is 5.06 Å². The molecule has 1 heterocycles. The first-order valence-electron chi connectivity index (χ1n) is 6.57. The van der Waals surface area contributed by atoms with E-state index in [1.807, 2.05) is 0 Å². The number of alkyl halides is 2. The highest BCUT2D eigenvalue weighted by Crippen LogP contribution is 2.31. The molecule has 0 N–H and O–H groups in total. The molecule has 0 aromatic heterocycles. The molecule has 0 radical (unpaired) electrons. The summed E-state index contributed by atoms with van der Waals surface area (Å²) in [5, 5.41) is 0.970. The van der Waals surface area contributed by atoms with Crippen molar-refractivity contribution in [3.05, 3.63) is 35.9 Å². The van der Waals surface area contributed by atoms with Gasteiger partial charge in [-0.25, -0.2) is 13.6 Å². The maximum absolute atomic E-state index is 14.0. The first-order chi connectivity index (χ1) is 10.4. The predicted octanol–water partition coefficient (Wildman–Crippen LogP) is 3.13. The van der Waals surface area contributed by atoms with Crippen molar-refractivity contribution in [3.63, 3.8) is 0 Å². The van der Waals surface area contributed by atoms with Crippen LogP contribution in [0.15, 0.2) is 30.3 Å². The summed E-state index contributed by atoms with van der Waals surface area (Å²) < 4.78 is 33.2. The molecule has 22 heavy (non-hydrogen) atoms. The number of rotatable bonds is 3. The number of thioether (sulfide) groups is 1. The molecular weight excluding hydrogens is 332 g/mol. The predicted molar refractivity (Wildman–Crippen MR) is 84.0 cm³/mol. The summed E-state index contributed by atoms with van der Waals surface area (Å²) in [5.41, 5.74) is 0.313. The SMILES string of the molecule is CSC(=S)OC1CCN(OC(=O)c2ccccc2)CC1(F)F. The van der Waals surface area contributed by atoms with Crippen molar-refractivity contribution in [2.24, 2.45) is 0 Å². The fraction of sp³-hybridized carbons (Fsp3) is 0.429. The smallest absolute Gasteiger partial charge is 0.357 e. The molecule has 1 aliphatic heterocycles. The van der Waals surface area contributed by atoms with Crippen molar-refractivity contribution in [3.8, 4) is 0 Å². The zero-order valence-corrected chi connectivity index (χ0v) is 13.5. The maximum atomic E-state index is 14.0. The highest BCUT2D eigenvalue weighted by molar-refractivity contribution is 8.22. The highest BCUT2D eigenvalue weighted by Gasteiger charge is 2.48. The molecule has 120 valence electrons. The van der Waals surface area contributed by atoms with Crippen LogP contribution < -0.4 is 0 Å². The van der Waals surface area contributed by atoms with E-state index in [4.69, 9.17) is 21.8 Å². The molecule has 1 aromatic carbocycles. The van der Waals surface area contributed by atoms with Crippen molar-refractivity contribution in [2.75, 3.05) is 19.3 Å². The number of hydrogen-bond donors (Lipinski definition) is 0. The zero-order valence-electron chi connectivity index (χ0n) is 11.8. The van der Waals surface area contributed by atoms with Crippen molar-refractivity contribution in [1.29, 1.82) is 0 Å². The van der Waals surface area contributed by atoms with Gasteiger partial charge < -0.3 is 9.57 Å². The molecule has 2 rings (SSSR count). The minimum atomic E-state index is -3.14. The summed E-state index contributed by atoms with van der Waals surface area (Å²) in [6.45, 7) is -0.553. The number of benzene rings is 1. The van der Waals surface area contributed by atoms with Gasteiger partial charge in [0.1, 0.15) is 6.54 Å². The van der Waals surface area contributed by atoms with Crippen LogP contribution in [0.5, 0.6) is 0 Å². The largest absolute Gasteiger partial charge is 0.469 e. The van der Waals surface area contributed by atoms with E-state index >= 15 is 0 Å². The topological polar surface area (TPSA) is 38.8 Å². The van der Waals surface area contributed by atoms with Crippen LogP contribution in [0.3, 0.4) is 0 Å². The summed E-state index contributed by atoms with van der Waals surface area (Å²) in [4.78, 5) is 16.9. The van der Waals surface area contributed by atoms with Gasteiger partial charge in [0, 0.05) is 13.0 Å². The van der Waals surface area contributed by atoms with Gasteiger partial charge >= 0.3 is 5.97 Å². The van der Waals surface area contributed by atoms with Gasteiger partial charge in [0.2, 0.25) is 4.38 Å².